The molecule has 0 aliphatic carbocycles. The van der Waals surface area contributed by atoms with Crippen molar-refractivity contribution in [2.24, 2.45) is 0 Å². The van der Waals surface area contributed by atoms with Gasteiger partial charge in [0.1, 0.15) is 11.7 Å². The first-order valence-electron chi connectivity index (χ1n) is 11.4. The number of cyclic esters (lactones) is 1. The van der Waals surface area contributed by atoms with Crippen molar-refractivity contribution in [3.05, 3.63) is 29.8 Å². The number of hydrogen-bond donors (Lipinski definition) is 2. The van der Waals surface area contributed by atoms with Crippen LogP contribution in [0.4, 0.5) is 10.5 Å². The van der Waals surface area contributed by atoms with Gasteiger partial charge in [0, 0.05) is 37.0 Å². The number of nitrogens with one attached hydrogen (secondary N) is 1. The van der Waals surface area contributed by atoms with E-state index in [1.54, 1.807) is 38.1 Å². The molecule has 0 spiro atoms. The summed E-state index contributed by atoms with van der Waals surface area (Å²) in [6.07, 6.45) is 0.970. The first kappa shape index (κ1) is 26.9. The van der Waals surface area contributed by atoms with Gasteiger partial charge >= 0.3 is 6.09 Å². The Morgan fingerprint density at radius 1 is 1.26 bits per heavy atom. The zero-order valence-electron chi connectivity index (χ0n) is 20.4. The Bertz CT molecular complexity index is 1100. The summed E-state index contributed by atoms with van der Waals surface area (Å²) in [5, 5.41) is 9.73. The van der Waals surface area contributed by atoms with Gasteiger partial charge in [-0.25, -0.2) is 23.5 Å². The van der Waals surface area contributed by atoms with Crippen LogP contribution in [0.2, 0.25) is 0 Å². The van der Waals surface area contributed by atoms with Crippen LogP contribution in [0.15, 0.2) is 24.3 Å². The second kappa shape index (κ2) is 10.5. The van der Waals surface area contributed by atoms with Crippen molar-refractivity contribution >= 4 is 27.5 Å². The monoisotopic (exact) mass is 508 g/mol. The lowest BCUT2D eigenvalue weighted by atomic mass is 10.0. The first-order chi connectivity index (χ1) is 16.3. The number of anilines is 1. The van der Waals surface area contributed by atoms with Crippen LogP contribution in [0.5, 0.6) is 0 Å². The predicted octanol–water partition coefficient (Wildman–Crippen LogP) is 1.90. The van der Waals surface area contributed by atoms with Crippen LogP contribution in [0.25, 0.3) is 0 Å². The molecule has 3 rings (SSSR count). The van der Waals surface area contributed by atoms with Gasteiger partial charge < -0.3 is 14.6 Å². The fourth-order valence-corrected chi connectivity index (χ4v) is 4.53. The van der Waals surface area contributed by atoms with Crippen LogP contribution in [0, 0.1) is 11.8 Å². The third-order valence-corrected chi connectivity index (χ3v) is 7.89. The highest BCUT2D eigenvalue weighted by Crippen LogP contribution is 2.30. The number of nitrogens with zero attached hydrogens (tertiary/aromatic N) is 1. The van der Waals surface area contributed by atoms with E-state index in [0.717, 1.165) is 19.1 Å². The Kier molecular flexibility index (Phi) is 8.11. The number of sulfone groups is 1. The van der Waals surface area contributed by atoms with E-state index >= 15 is 0 Å². The average molecular weight is 509 g/mol. The Morgan fingerprint density at radius 2 is 1.94 bits per heavy atom. The molecular weight excluding hydrogens is 476 g/mol. The van der Waals surface area contributed by atoms with Crippen LogP contribution >= 0.6 is 0 Å². The van der Waals surface area contributed by atoms with E-state index in [0.29, 0.717) is 24.3 Å². The molecule has 3 atom stereocenters. The van der Waals surface area contributed by atoms with Gasteiger partial charge in [0.15, 0.2) is 20.9 Å². The maximum Gasteiger partial charge on any atom is 0.414 e. The largest absolute Gasteiger partial charge is 0.444 e. The van der Waals surface area contributed by atoms with Crippen LogP contribution in [-0.2, 0) is 28.9 Å². The Balaban J connectivity index is 1.68. The van der Waals surface area contributed by atoms with Crippen molar-refractivity contribution in [2.75, 3.05) is 24.3 Å². The third-order valence-electron chi connectivity index (χ3n) is 5.90. The van der Waals surface area contributed by atoms with Gasteiger partial charge in [-0.15, -0.1) is 0 Å². The van der Waals surface area contributed by atoms with Crippen LogP contribution in [0.3, 0.4) is 0 Å². The van der Waals surface area contributed by atoms with Gasteiger partial charge in [-0.2, -0.15) is 0 Å². The molecule has 2 heterocycles. The SMILES string of the molecule is CC(C)(O)C#Cc1ccc(N2CC(CC(C)(C(=O)NOC3CCCCO3)S(C)(=O)=O)OC2=O)cc1. The summed E-state index contributed by atoms with van der Waals surface area (Å²) >= 11 is 0. The zero-order valence-corrected chi connectivity index (χ0v) is 21.2. The molecule has 2 aliphatic heterocycles. The van der Waals surface area contributed by atoms with Crippen molar-refractivity contribution in [1.29, 1.82) is 0 Å². The number of aliphatic hydroxyl groups is 1. The maximum atomic E-state index is 12.9. The van der Waals surface area contributed by atoms with Gasteiger partial charge in [0.05, 0.1) is 6.54 Å². The van der Waals surface area contributed by atoms with E-state index in [2.05, 4.69) is 17.3 Å². The predicted molar refractivity (Wildman–Crippen MR) is 128 cm³/mol. The molecule has 1 aromatic rings. The molecule has 2 amide bonds. The number of carbonyl (C=O) groups is 2. The molecule has 0 radical (unpaired) electrons. The molecule has 192 valence electrons. The normalized spacial score (nSPS) is 22.5. The van der Waals surface area contributed by atoms with E-state index in [-0.39, 0.29) is 13.0 Å². The van der Waals surface area contributed by atoms with Crippen LogP contribution < -0.4 is 10.4 Å². The summed E-state index contributed by atoms with van der Waals surface area (Å²) in [6.45, 7) is 5.02. The van der Waals surface area contributed by atoms with Crippen molar-refractivity contribution in [1.82, 2.24) is 5.48 Å². The van der Waals surface area contributed by atoms with E-state index in [1.807, 2.05) is 0 Å². The summed E-state index contributed by atoms with van der Waals surface area (Å²) in [6, 6.07) is 6.76. The third kappa shape index (κ3) is 6.95. The smallest absolute Gasteiger partial charge is 0.414 e. The molecule has 0 bridgehead atoms. The molecule has 10 nitrogen and oxygen atoms in total. The minimum atomic E-state index is -3.91. The Hall–Kier alpha value is -2.65. The molecule has 1 aromatic carbocycles. The second-order valence-corrected chi connectivity index (χ2v) is 12.0. The van der Waals surface area contributed by atoms with Crippen molar-refractivity contribution in [2.45, 2.75) is 69.2 Å². The van der Waals surface area contributed by atoms with Crippen molar-refractivity contribution in [3.63, 3.8) is 0 Å². The van der Waals surface area contributed by atoms with E-state index in [9.17, 15) is 23.1 Å². The second-order valence-electron chi connectivity index (χ2n) is 9.52. The standard InChI is InChI=1S/C24H32N2O8S/c1-23(2,29)13-12-17-8-10-18(11-9-17)26-16-19(33-22(26)28)15-24(3,35(4,30)31)21(27)25-34-20-7-5-6-14-32-20/h8-11,19-20,29H,5-7,14-16H2,1-4H3,(H,25,27). The molecule has 0 aromatic heterocycles. The van der Waals surface area contributed by atoms with E-state index in [4.69, 9.17) is 14.3 Å². The Labute approximate surface area is 205 Å². The molecule has 11 heteroatoms. The van der Waals surface area contributed by atoms with Crippen molar-refractivity contribution < 1.29 is 37.4 Å². The summed E-state index contributed by atoms with van der Waals surface area (Å²) in [5.41, 5.74) is 2.29. The number of hydroxylamine groups is 1. The van der Waals surface area contributed by atoms with Crippen molar-refractivity contribution in [3.8, 4) is 11.8 Å². The highest BCUT2D eigenvalue weighted by atomic mass is 32.2. The minimum Gasteiger partial charge on any atom is -0.444 e. The number of amides is 2. The summed E-state index contributed by atoms with van der Waals surface area (Å²) in [7, 11) is -3.91. The summed E-state index contributed by atoms with van der Waals surface area (Å²) in [5.74, 6) is 4.71. The molecule has 0 saturated carbocycles. The van der Waals surface area contributed by atoms with Gasteiger partial charge in [0.25, 0.3) is 5.91 Å². The van der Waals surface area contributed by atoms with Gasteiger partial charge in [0.2, 0.25) is 0 Å². The topological polar surface area (TPSA) is 131 Å². The van der Waals surface area contributed by atoms with E-state index in [1.165, 1.54) is 11.8 Å². The lowest BCUT2D eigenvalue weighted by molar-refractivity contribution is -0.201. The average Bonchev–Trinajstić information content (AvgIpc) is 3.15. The summed E-state index contributed by atoms with van der Waals surface area (Å²) in [4.78, 5) is 32.1. The number of ether oxygens (including phenoxy) is 2. The fraction of sp³-hybridized carbons (Fsp3) is 0.583. The fourth-order valence-electron chi connectivity index (χ4n) is 3.67. The lowest BCUT2D eigenvalue weighted by Crippen LogP contribution is -2.53. The first-order valence-corrected chi connectivity index (χ1v) is 13.3. The van der Waals surface area contributed by atoms with Crippen LogP contribution in [0.1, 0.15) is 52.0 Å². The summed E-state index contributed by atoms with van der Waals surface area (Å²) < 4.78 is 34.1. The quantitative estimate of drug-likeness (QED) is 0.422. The highest BCUT2D eigenvalue weighted by Gasteiger charge is 2.48. The molecular formula is C24H32N2O8S. The molecule has 2 saturated heterocycles. The van der Waals surface area contributed by atoms with Gasteiger partial charge in [-0.3, -0.25) is 9.69 Å². The molecule has 3 unspecified atom stereocenters. The number of benzene rings is 1. The van der Waals surface area contributed by atoms with E-state index < -0.39 is 44.6 Å². The number of hydrogen-bond acceptors (Lipinski definition) is 8. The maximum absolute atomic E-state index is 12.9. The Morgan fingerprint density at radius 3 is 2.51 bits per heavy atom. The molecule has 35 heavy (non-hydrogen) atoms. The van der Waals surface area contributed by atoms with Crippen LogP contribution in [-0.4, -0.2) is 67.7 Å². The number of rotatable bonds is 7. The molecule has 2 aliphatic rings. The molecule has 2 fully saturated rings. The minimum absolute atomic E-state index is 0.0680. The van der Waals surface area contributed by atoms with Gasteiger partial charge in [-0.1, -0.05) is 11.8 Å². The lowest BCUT2D eigenvalue weighted by Gasteiger charge is -2.29. The highest BCUT2D eigenvalue weighted by molar-refractivity contribution is 7.92. The van der Waals surface area contributed by atoms with Gasteiger partial charge in [-0.05, 0) is 57.9 Å². The molecule has 2 N–H and O–H groups in total. The number of carbonyl (C=O) groups excluding carboxylic acids is 2. The zero-order chi connectivity index (χ0) is 25.9.